The smallest absolute Gasteiger partial charge is 0.126 e. The molecule has 0 fully saturated rings. The highest BCUT2D eigenvalue weighted by Gasteiger charge is 2.10. The Morgan fingerprint density at radius 3 is 2.35 bits per heavy atom. The van der Waals surface area contributed by atoms with E-state index in [0.29, 0.717) is 12.4 Å². The maximum absolute atomic E-state index is 9.77. The van der Waals surface area contributed by atoms with Gasteiger partial charge in [0.1, 0.15) is 12.4 Å². The van der Waals surface area contributed by atoms with Gasteiger partial charge in [-0.2, -0.15) is 0 Å². The summed E-state index contributed by atoms with van der Waals surface area (Å²) in [6.45, 7) is 4.38. The SMILES string of the molecule is CCc1ccc(COc2cc(Br)ccc2C(C)O)cc1. The third kappa shape index (κ3) is 3.84. The third-order valence-corrected chi connectivity index (χ3v) is 3.74. The minimum Gasteiger partial charge on any atom is -0.488 e. The third-order valence-electron chi connectivity index (χ3n) is 3.25. The summed E-state index contributed by atoms with van der Waals surface area (Å²) in [5, 5.41) is 9.77. The molecule has 20 heavy (non-hydrogen) atoms. The van der Waals surface area contributed by atoms with Gasteiger partial charge in [0.2, 0.25) is 0 Å². The fraction of sp³-hybridized carbons (Fsp3) is 0.294. The number of ether oxygens (including phenoxy) is 1. The Kier molecular flexibility index (Phi) is 5.21. The van der Waals surface area contributed by atoms with Crippen LogP contribution in [0.1, 0.15) is 36.6 Å². The molecule has 0 radical (unpaired) electrons. The van der Waals surface area contributed by atoms with E-state index in [-0.39, 0.29) is 0 Å². The molecule has 0 aliphatic heterocycles. The summed E-state index contributed by atoms with van der Waals surface area (Å²) in [5.41, 5.74) is 3.25. The van der Waals surface area contributed by atoms with Crippen LogP contribution in [-0.4, -0.2) is 5.11 Å². The summed E-state index contributed by atoms with van der Waals surface area (Å²) in [7, 11) is 0. The van der Waals surface area contributed by atoms with Gasteiger partial charge in [0.05, 0.1) is 6.10 Å². The first-order valence-corrected chi connectivity index (χ1v) is 7.57. The summed E-state index contributed by atoms with van der Waals surface area (Å²) in [6.07, 6.45) is 0.499. The van der Waals surface area contributed by atoms with Crippen molar-refractivity contribution in [3.63, 3.8) is 0 Å². The number of halogens is 1. The van der Waals surface area contributed by atoms with E-state index >= 15 is 0 Å². The van der Waals surface area contributed by atoms with E-state index in [4.69, 9.17) is 4.74 Å². The highest BCUT2D eigenvalue weighted by atomic mass is 79.9. The molecule has 0 aliphatic rings. The average molecular weight is 335 g/mol. The number of benzene rings is 2. The fourth-order valence-electron chi connectivity index (χ4n) is 2.01. The number of rotatable bonds is 5. The number of aryl methyl sites for hydroxylation is 1. The maximum atomic E-state index is 9.77. The van der Waals surface area contributed by atoms with Gasteiger partial charge < -0.3 is 9.84 Å². The minimum absolute atomic E-state index is 0.500. The summed E-state index contributed by atoms with van der Waals surface area (Å²) in [6, 6.07) is 14.1. The zero-order chi connectivity index (χ0) is 14.5. The number of hydrogen-bond acceptors (Lipinski definition) is 2. The van der Waals surface area contributed by atoms with Gasteiger partial charge >= 0.3 is 0 Å². The highest BCUT2D eigenvalue weighted by molar-refractivity contribution is 9.10. The largest absolute Gasteiger partial charge is 0.488 e. The second-order valence-corrected chi connectivity index (χ2v) is 5.73. The molecule has 0 spiro atoms. The van der Waals surface area contributed by atoms with E-state index in [1.54, 1.807) is 6.92 Å². The summed E-state index contributed by atoms with van der Waals surface area (Å²) in [5.74, 6) is 0.717. The van der Waals surface area contributed by atoms with Crippen LogP contribution in [0.3, 0.4) is 0 Å². The Balaban J connectivity index is 2.11. The zero-order valence-electron chi connectivity index (χ0n) is 11.8. The van der Waals surface area contributed by atoms with Gasteiger partial charge in [-0.15, -0.1) is 0 Å². The van der Waals surface area contributed by atoms with E-state index < -0.39 is 6.10 Å². The van der Waals surface area contributed by atoms with Crippen molar-refractivity contribution in [2.75, 3.05) is 0 Å². The van der Waals surface area contributed by atoms with Crippen molar-refractivity contribution in [3.05, 3.63) is 63.6 Å². The van der Waals surface area contributed by atoms with Crippen molar-refractivity contribution < 1.29 is 9.84 Å². The second kappa shape index (κ2) is 6.91. The Bertz CT molecular complexity index is 562. The topological polar surface area (TPSA) is 29.5 Å². The summed E-state index contributed by atoms with van der Waals surface area (Å²) < 4.78 is 6.79. The molecular formula is C17H19BrO2. The lowest BCUT2D eigenvalue weighted by atomic mass is 10.1. The maximum Gasteiger partial charge on any atom is 0.126 e. The molecule has 0 saturated carbocycles. The molecule has 0 saturated heterocycles. The molecule has 2 aromatic carbocycles. The van der Waals surface area contributed by atoms with E-state index in [9.17, 15) is 5.11 Å². The standard InChI is InChI=1S/C17H19BrO2/c1-3-13-4-6-14(7-5-13)11-20-17-10-15(18)8-9-16(17)12(2)19/h4-10,12,19H,3,11H2,1-2H3. The number of hydrogen-bond donors (Lipinski definition) is 1. The molecule has 1 N–H and O–H groups in total. The molecule has 0 bridgehead atoms. The van der Waals surface area contributed by atoms with Crippen LogP contribution in [0.4, 0.5) is 0 Å². The van der Waals surface area contributed by atoms with Gasteiger partial charge in [-0.3, -0.25) is 0 Å². The lowest BCUT2D eigenvalue weighted by Gasteiger charge is -2.14. The van der Waals surface area contributed by atoms with Crippen molar-refractivity contribution in [1.29, 1.82) is 0 Å². The summed E-state index contributed by atoms with van der Waals surface area (Å²) >= 11 is 3.43. The van der Waals surface area contributed by atoms with E-state index in [2.05, 4.69) is 47.1 Å². The molecule has 3 heteroatoms. The van der Waals surface area contributed by atoms with Gasteiger partial charge in [0, 0.05) is 10.0 Å². The molecule has 106 valence electrons. The first-order chi connectivity index (χ1) is 9.60. The number of aliphatic hydroxyl groups excluding tert-OH is 1. The predicted molar refractivity (Wildman–Crippen MR) is 84.9 cm³/mol. The van der Waals surface area contributed by atoms with E-state index in [0.717, 1.165) is 22.0 Å². The Labute approximate surface area is 128 Å². The van der Waals surface area contributed by atoms with Crippen LogP contribution in [-0.2, 0) is 13.0 Å². The van der Waals surface area contributed by atoms with Crippen molar-refractivity contribution in [1.82, 2.24) is 0 Å². The van der Waals surface area contributed by atoms with Gasteiger partial charge in [-0.25, -0.2) is 0 Å². The average Bonchev–Trinajstić information content (AvgIpc) is 2.45. The first kappa shape index (κ1) is 15.1. The highest BCUT2D eigenvalue weighted by Crippen LogP contribution is 2.29. The van der Waals surface area contributed by atoms with Gasteiger partial charge in [0.25, 0.3) is 0 Å². The van der Waals surface area contributed by atoms with Crippen molar-refractivity contribution >= 4 is 15.9 Å². The predicted octanol–water partition coefficient (Wildman–Crippen LogP) is 4.64. The van der Waals surface area contributed by atoms with Crippen LogP contribution in [0.25, 0.3) is 0 Å². The van der Waals surface area contributed by atoms with Crippen LogP contribution in [0.2, 0.25) is 0 Å². The van der Waals surface area contributed by atoms with Crippen LogP contribution >= 0.6 is 15.9 Å². The van der Waals surface area contributed by atoms with Crippen LogP contribution in [0, 0.1) is 0 Å². The van der Waals surface area contributed by atoms with Crippen molar-refractivity contribution in [2.45, 2.75) is 33.0 Å². The molecule has 1 atom stereocenters. The summed E-state index contributed by atoms with van der Waals surface area (Å²) in [4.78, 5) is 0. The van der Waals surface area contributed by atoms with Crippen LogP contribution < -0.4 is 4.74 Å². The normalized spacial score (nSPS) is 12.2. The Morgan fingerprint density at radius 2 is 1.75 bits per heavy atom. The van der Waals surface area contributed by atoms with E-state index in [1.807, 2.05) is 18.2 Å². The lowest BCUT2D eigenvalue weighted by molar-refractivity contribution is 0.190. The number of aliphatic hydroxyl groups is 1. The molecule has 2 nitrogen and oxygen atoms in total. The van der Waals surface area contributed by atoms with Gasteiger partial charge in [-0.1, -0.05) is 53.2 Å². The second-order valence-electron chi connectivity index (χ2n) is 4.82. The zero-order valence-corrected chi connectivity index (χ0v) is 13.4. The molecular weight excluding hydrogens is 316 g/mol. The molecule has 2 aromatic rings. The van der Waals surface area contributed by atoms with Crippen molar-refractivity contribution in [3.8, 4) is 5.75 Å². The van der Waals surface area contributed by atoms with Gasteiger partial charge in [-0.05, 0) is 36.6 Å². The van der Waals surface area contributed by atoms with Crippen LogP contribution in [0.5, 0.6) is 5.75 Å². The minimum atomic E-state index is -0.541. The molecule has 0 aliphatic carbocycles. The van der Waals surface area contributed by atoms with E-state index in [1.165, 1.54) is 5.56 Å². The van der Waals surface area contributed by atoms with Crippen LogP contribution in [0.15, 0.2) is 46.9 Å². The Hall–Kier alpha value is -1.32. The molecule has 2 rings (SSSR count). The lowest BCUT2D eigenvalue weighted by Crippen LogP contribution is -2.01. The fourth-order valence-corrected chi connectivity index (χ4v) is 2.35. The molecule has 0 amide bonds. The Morgan fingerprint density at radius 1 is 1.10 bits per heavy atom. The molecule has 0 heterocycles. The monoisotopic (exact) mass is 334 g/mol. The molecule has 0 aromatic heterocycles. The van der Waals surface area contributed by atoms with Crippen molar-refractivity contribution in [2.24, 2.45) is 0 Å². The first-order valence-electron chi connectivity index (χ1n) is 6.78. The molecule has 1 unspecified atom stereocenters. The quantitative estimate of drug-likeness (QED) is 0.862. The van der Waals surface area contributed by atoms with Gasteiger partial charge in [0.15, 0.2) is 0 Å².